The number of ketones is 1. The summed E-state index contributed by atoms with van der Waals surface area (Å²) in [4.78, 5) is 55.7. The smallest absolute Gasteiger partial charge is 0.280 e. The van der Waals surface area contributed by atoms with Crippen LogP contribution in [0.5, 0.6) is 0 Å². The third kappa shape index (κ3) is 6.14. The normalized spacial score (nSPS) is 11.0. The van der Waals surface area contributed by atoms with Gasteiger partial charge in [-0.3, -0.25) is 19.2 Å². The molecular formula is C32H26Cl2N2O4. The zero-order chi connectivity index (χ0) is 29.0. The lowest BCUT2D eigenvalue weighted by atomic mass is 9.96. The topological polar surface area (TPSA) is 74.8 Å². The number of halogens is 2. The van der Waals surface area contributed by atoms with Gasteiger partial charge in [-0.25, -0.2) is 5.01 Å². The van der Waals surface area contributed by atoms with Crippen LogP contribution in [-0.4, -0.2) is 39.1 Å². The van der Waals surface area contributed by atoms with Crippen LogP contribution < -0.4 is 0 Å². The summed E-state index contributed by atoms with van der Waals surface area (Å²) < 4.78 is 0. The maximum Gasteiger partial charge on any atom is 0.280 e. The largest absolute Gasteiger partial charge is 0.289 e. The van der Waals surface area contributed by atoms with E-state index >= 15 is 0 Å². The molecule has 3 amide bonds. The highest BCUT2D eigenvalue weighted by atomic mass is 35.5. The minimum absolute atomic E-state index is 0.0344. The summed E-state index contributed by atoms with van der Waals surface area (Å²) in [5.41, 5.74) is -0.220. The number of benzene rings is 4. The van der Waals surface area contributed by atoms with Gasteiger partial charge in [-0.15, -0.1) is 0 Å². The first kappa shape index (κ1) is 28.7. The van der Waals surface area contributed by atoms with Crippen molar-refractivity contribution in [1.29, 1.82) is 0 Å². The zero-order valence-electron chi connectivity index (χ0n) is 22.1. The summed E-state index contributed by atoms with van der Waals surface area (Å²) in [7, 11) is 0. The number of carbonyl (C=O) groups is 4. The number of rotatable bonds is 5. The Morgan fingerprint density at radius 1 is 0.525 bits per heavy atom. The van der Waals surface area contributed by atoms with Crippen LogP contribution >= 0.6 is 23.2 Å². The molecule has 0 fully saturated rings. The number of imide groups is 1. The third-order valence-electron chi connectivity index (χ3n) is 6.03. The monoisotopic (exact) mass is 572 g/mol. The molecule has 0 saturated heterocycles. The molecule has 0 spiro atoms. The summed E-state index contributed by atoms with van der Waals surface area (Å²) in [6, 6.07) is 26.9. The van der Waals surface area contributed by atoms with Crippen molar-refractivity contribution in [3.63, 3.8) is 0 Å². The summed E-state index contributed by atoms with van der Waals surface area (Å²) >= 11 is 12.0. The van der Waals surface area contributed by atoms with E-state index in [-0.39, 0.29) is 22.3 Å². The molecule has 0 atom stereocenters. The van der Waals surface area contributed by atoms with Gasteiger partial charge in [0.15, 0.2) is 5.78 Å². The quantitative estimate of drug-likeness (QED) is 0.142. The number of nitrogens with zero attached hydrogens (tertiary/aromatic N) is 2. The van der Waals surface area contributed by atoms with Gasteiger partial charge in [-0.05, 0) is 87.5 Å². The van der Waals surface area contributed by atoms with E-state index < -0.39 is 29.0 Å². The lowest BCUT2D eigenvalue weighted by Gasteiger charge is -2.42. The number of hydrazine groups is 1. The summed E-state index contributed by atoms with van der Waals surface area (Å²) in [5.74, 6) is -2.53. The molecule has 4 aromatic rings. The van der Waals surface area contributed by atoms with E-state index in [1.54, 1.807) is 87.5 Å². The Morgan fingerprint density at radius 2 is 0.950 bits per heavy atom. The Morgan fingerprint density at radius 3 is 1.45 bits per heavy atom. The molecule has 6 nitrogen and oxygen atoms in total. The van der Waals surface area contributed by atoms with Crippen molar-refractivity contribution in [2.75, 3.05) is 0 Å². The lowest BCUT2D eigenvalue weighted by molar-refractivity contribution is -0.0318. The van der Waals surface area contributed by atoms with E-state index in [1.807, 2.05) is 0 Å². The maximum absolute atomic E-state index is 14.4. The molecule has 0 saturated carbocycles. The van der Waals surface area contributed by atoms with Crippen LogP contribution in [0.3, 0.4) is 0 Å². The molecule has 0 aromatic heterocycles. The Labute approximate surface area is 242 Å². The van der Waals surface area contributed by atoms with Gasteiger partial charge in [0.05, 0.1) is 11.1 Å². The zero-order valence-corrected chi connectivity index (χ0v) is 23.6. The van der Waals surface area contributed by atoms with Gasteiger partial charge in [0.1, 0.15) is 0 Å². The van der Waals surface area contributed by atoms with E-state index in [9.17, 15) is 19.2 Å². The highest BCUT2D eigenvalue weighted by Gasteiger charge is 2.41. The van der Waals surface area contributed by atoms with Gasteiger partial charge in [-0.1, -0.05) is 59.6 Å². The second-order valence-corrected chi connectivity index (χ2v) is 10.8. The fourth-order valence-electron chi connectivity index (χ4n) is 4.13. The molecular weight excluding hydrogens is 547 g/mol. The van der Waals surface area contributed by atoms with Crippen molar-refractivity contribution in [3.8, 4) is 0 Å². The van der Waals surface area contributed by atoms with Crippen LogP contribution in [0.1, 0.15) is 67.8 Å². The predicted octanol–water partition coefficient (Wildman–Crippen LogP) is 7.36. The van der Waals surface area contributed by atoms with E-state index in [1.165, 1.54) is 36.4 Å². The summed E-state index contributed by atoms with van der Waals surface area (Å²) in [6.45, 7) is 5.11. The minimum Gasteiger partial charge on any atom is -0.289 e. The van der Waals surface area contributed by atoms with Gasteiger partial charge in [0, 0.05) is 32.3 Å². The first-order valence-electron chi connectivity index (χ1n) is 12.4. The second-order valence-electron chi connectivity index (χ2n) is 9.96. The van der Waals surface area contributed by atoms with E-state index in [0.29, 0.717) is 15.6 Å². The molecule has 0 heterocycles. The summed E-state index contributed by atoms with van der Waals surface area (Å²) in [5, 5.41) is 2.82. The van der Waals surface area contributed by atoms with Crippen molar-refractivity contribution in [3.05, 3.63) is 141 Å². The standard InChI is InChI=1S/C32H26Cl2N2O4/c1-32(2,3)36(31(40)27-12-8-7-11-26(27)28(37)21-13-17-24(33)18-14-21)35(29(38)22-9-5-4-6-10-22)30(39)23-15-19-25(34)20-16-23/h4-20H,1-3H3. The van der Waals surface area contributed by atoms with Crippen molar-refractivity contribution in [2.24, 2.45) is 0 Å². The molecule has 0 aliphatic heterocycles. The van der Waals surface area contributed by atoms with Crippen LogP contribution in [0.25, 0.3) is 0 Å². The fourth-order valence-corrected chi connectivity index (χ4v) is 4.38. The number of hydrogen-bond donors (Lipinski definition) is 0. The highest BCUT2D eigenvalue weighted by Crippen LogP contribution is 2.27. The molecule has 0 N–H and O–H groups in total. The lowest BCUT2D eigenvalue weighted by Crippen LogP contribution is -2.60. The van der Waals surface area contributed by atoms with Crippen LogP contribution in [0.15, 0.2) is 103 Å². The van der Waals surface area contributed by atoms with Crippen LogP contribution in [0.2, 0.25) is 10.0 Å². The molecule has 0 radical (unpaired) electrons. The van der Waals surface area contributed by atoms with Crippen molar-refractivity contribution in [1.82, 2.24) is 10.0 Å². The average Bonchev–Trinajstić information content (AvgIpc) is 2.95. The summed E-state index contributed by atoms with van der Waals surface area (Å²) in [6.07, 6.45) is 0. The van der Waals surface area contributed by atoms with Gasteiger partial charge in [0.25, 0.3) is 17.7 Å². The van der Waals surface area contributed by atoms with Gasteiger partial charge in [-0.2, -0.15) is 5.01 Å². The number of amides is 3. The molecule has 4 aromatic carbocycles. The molecule has 0 bridgehead atoms. The van der Waals surface area contributed by atoms with E-state index in [0.717, 1.165) is 10.0 Å². The Bertz CT molecular complexity index is 1560. The maximum atomic E-state index is 14.4. The van der Waals surface area contributed by atoms with Gasteiger partial charge in [0.2, 0.25) is 0 Å². The molecule has 4 rings (SSSR count). The molecule has 8 heteroatoms. The first-order chi connectivity index (χ1) is 19.0. The molecule has 0 aliphatic rings. The molecule has 40 heavy (non-hydrogen) atoms. The Kier molecular flexibility index (Phi) is 8.52. The fraction of sp³-hybridized carbons (Fsp3) is 0.125. The van der Waals surface area contributed by atoms with Crippen LogP contribution in [0.4, 0.5) is 0 Å². The number of hydrogen-bond acceptors (Lipinski definition) is 4. The SMILES string of the molecule is CC(C)(C)N(C(=O)c1ccccc1C(=O)c1ccc(Cl)cc1)N(C(=O)c1ccccc1)C(=O)c1ccc(Cl)cc1. The van der Waals surface area contributed by atoms with Gasteiger partial charge >= 0.3 is 0 Å². The van der Waals surface area contributed by atoms with Crippen molar-refractivity contribution < 1.29 is 19.2 Å². The van der Waals surface area contributed by atoms with Gasteiger partial charge < -0.3 is 0 Å². The second kappa shape index (κ2) is 11.9. The minimum atomic E-state index is -1.07. The van der Waals surface area contributed by atoms with Crippen LogP contribution in [-0.2, 0) is 0 Å². The third-order valence-corrected chi connectivity index (χ3v) is 6.54. The molecule has 202 valence electrons. The van der Waals surface area contributed by atoms with E-state index in [4.69, 9.17) is 23.2 Å². The Hall–Kier alpha value is -4.26. The highest BCUT2D eigenvalue weighted by molar-refractivity contribution is 6.31. The van der Waals surface area contributed by atoms with Crippen LogP contribution in [0, 0.1) is 0 Å². The molecule has 0 unspecified atom stereocenters. The average molecular weight is 573 g/mol. The van der Waals surface area contributed by atoms with Crippen molar-refractivity contribution >= 4 is 46.7 Å². The van der Waals surface area contributed by atoms with E-state index in [2.05, 4.69) is 0 Å². The first-order valence-corrected chi connectivity index (χ1v) is 13.2. The predicted molar refractivity (Wildman–Crippen MR) is 156 cm³/mol. The Balaban J connectivity index is 1.87. The number of carbonyl (C=O) groups excluding carboxylic acids is 4. The van der Waals surface area contributed by atoms with Crippen molar-refractivity contribution in [2.45, 2.75) is 26.3 Å². The molecule has 0 aliphatic carbocycles.